The van der Waals surface area contributed by atoms with E-state index in [-0.39, 0.29) is 18.4 Å². The lowest BCUT2D eigenvalue weighted by molar-refractivity contribution is -0.139. The molecule has 4 heteroatoms. The number of aliphatic carboxylic acids is 1. The van der Waals surface area contributed by atoms with Gasteiger partial charge < -0.3 is 5.11 Å². The van der Waals surface area contributed by atoms with E-state index in [0.717, 1.165) is 18.4 Å². The van der Waals surface area contributed by atoms with Gasteiger partial charge in [0.05, 0.1) is 6.54 Å². The maximum Gasteiger partial charge on any atom is 0.317 e. The summed E-state index contributed by atoms with van der Waals surface area (Å²) in [5.74, 6) is -1.08. The number of hydrogen-bond acceptors (Lipinski definition) is 2. The molecule has 92 valence electrons. The highest BCUT2D eigenvalue weighted by atomic mass is 19.1. The SMILES string of the molecule is C[C@H](c1ccc(F)cc1)N(CC(=O)O)C1CC1. The quantitative estimate of drug-likeness (QED) is 0.855. The normalized spacial score (nSPS) is 17.1. The van der Waals surface area contributed by atoms with Gasteiger partial charge in [0.2, 0.25) is 0 Å². The van der Waals surface area contributed by atoms with Crippen molar-refractivity contribution in [3.63, 3.8) is 0 Å². The Balaban J connectivity index is 2.12. The van der Waals surface area contributed by atoms with Crippen LogP contribution in [0.25, 0.3) is 0 Å². The Bertz CT molecular complexity index is 400. The Labute approximate surface area is 99.9 Å². The molecule has 1 aromatic rings. The van der Waals surface area contributed by atoms with Gasteiger partial charge in [-0.05, 0) is 37.5 Å². The third kappa shape index (κ3) is 3.03. The molecule has 0 aromatic heterocycles. The molecule has 0 unspecified atom stereocenters. The number of halogens is 1. The van der Waals surface area contributed by atoms with Crippen molar-refractivity contribution in [2.75, 3.05) is 6.54 Å². The maximum absolute atomic E-state index is 12.8. The lowest BCUT2D eigenvalue weighted by atomic mass is 10.1. The van der Waals surface area contributed by atoms with E-state index >= 15 is 0 Å². The third-order valence-corrected chi connectivity index (χ3v) is 3.18. The number of rotatable bonds is 5. The van der Waals surface area contributed by atoms with Gasteiger partial charge in [-0.2, -0.15) is 0 Å². The van der Waals surface area contributed by atoms with Gasteiger partial charge in [0.15, 0.2) is 0 Å². The molecule has 3 nitrogen and oxygen atoms in total. The summed E-state index contributed by atoms with van der Waals surface area (Å²) in [6, 6.07) is 6.65. The summed E-state index contributed by atoms with van der Waals surface area (Å²) in [5.41, 5.74) is 0.958. The number of carboxylic acid groups (broad SMARTS) is 1. The Morgan fingerprint density at radius 2 is 2.06 bits per heavy atom. The first kappa shape index (κ1) is 12.0. The van der Waals surface area contributed by atoms with Crippen LogP contribution in [-0.2, 0) is 4.79 Å². The molecule has 0 saturated heterocycles. The van der Waals surface area contributed by atoms with Gasteiger partial charge in [-0.3, -0.25) is 9.69 Å². The van der Waals surface area contributed by atoms with Crippen LogP contribution in [0.2, 0.25) is 0 Å². The second kappa shape index (κ2) is 4.84. The van der Waals surface area contributed by atoms with Crippen LogP contribution in [0.3, 0.4) is 0 Å². The van der Waals surface area contributed by atoms with Gasteiger partial charge in [-0.25, -0.2) is 4.39 Å². The van der Waals surface area contributed by atoms with Crippen molar-refractivity contribution >= 4 is 5.97 Å². The average molecular weight is 237 g/mol. The molecule has 1 atom stereocenters. The first-order chi connectivity index (χ1) is 8.08. The van der Waals surface area contributed by atoms with E-state index in [0.29, 0.717) is 6.04 Å². The predicted molar refractivity (Wildman–Crippen MR) is 62.2 cm³/mol. The fraction of sp³-hybridized carbons (Fsp3) is 0.462. The van der Waals surface area contributed by atoms with Gasteiger partial charge in [0.25, 0.3) is 0 Å². The summed E-state index contributed by atoms with van der Waals surface area (Å²) < 4.78 is 12.8. The van der Waals surface area contributed by atoms with E-state index in [1.807, 2.05) is 11.8 Å². The first-order valence-electron chi connectivity index (χ1n) is 5.81. The summed E-state index contributed by atoms with van der Waals surface area (Å²) in [5, 5.41) is 8.90. The molecule has 0 heterocycles. The van der Waals surface area contributed by atoms with Crippen molar-refractivity contribution < 1.29 is 14.3 Å². The monoisotopic (exact) mass is 237 g/mol. The molecule has 2 rings (SSSR count). The van der Waals surface area contributed by atoms with Crippen molar-refractivity contribution in [1.29, 1.82) is 0 Å². The smallest absolute Gasteiger partial charge is 0.317 e. The van der Waals surface area contributed by atoms with Gasteiger partial charge in [0.1, 0.15) is 5.82 Å². The van der Waals surface area contributed by atoms with Crippen LogP contribution in [0.15, 0.2) is 24.3 Å². The summed E-state index contributed by atoms with van der Waals surface area (Å²) in [7, 11) is 0. The van der Waals surface area contributed by atoms with Crippen molar-refractivity contribution in [2.45, 2.75) is 31.8 Å². The molecule has 0 bridgehead atoms. The van der Waals surface area contributed by atoms with Gasteiger partial charge in [0, 0.05) is 12.1 Å². The van der Waals surface area contributed by atoms with Crippen molar-refractivity contribution in [3.8, 4) is 0 Å². The van der Waals surface area contributed by atoms with Crippen LogP contribution < -0.4 is 0 Å². The minimum atomic E-state index is -0.814. The van der Waals surface area contributed by atoms with E-state index in [2.05, 4.69) is 0 Å². The first-order valence-corrected chi connectivity index (χ1v) is 5.81. The standard InChI is InChI=1S/C13H16FNO2/c1-9(10-2-4-11(14)5-3-10)15(8-13(16)17)12-6-7-12/h2-5,9,12H,6-8H2,1H3,(H,16,17)/t9-/m1/s1. The number of carboxylic acids is 1. The molecule has 0 amide bonds. The third-order valence-electron chi connectivity index (χ3n) is 3.18. The number of carbonyl (C=O) groups is 1. The molecular weight excluding hydrogens is 221 g/mol. The van der Waals surface area contributed by atoms with Crippen LogP contribution in [0.5, 0.6) is 0 Å². The van der Waals surface area contributed by atoms with E-state index in [9.17, 15) is 9.18 Å². The van der Waals surface area contributed by atoms with Crippen molar-refractivity contribution in [2.24, 2.45) is 0 Å². The average Bonchev–Trinajstić information content (AvgIpc) is 3.09. The fourth-order valence-electron chi connectivity index (χ4n) is 2.08. The van der Waals surface area contributed by atoms with E-state index in [4.69, 9.17) is 5.11 Å². The topological polar surface area (TPSA) is 40.5 Å². The van der Waals surface area contributed by atoms with E-state index in [1.165, 1.54) is 12.1 Å². The second-order valence-corrected chi connectivity index (χ2v) is 4.52. The van der Waals surface area contributed by atoms with Crippen LogP contribution in [0, 0.1) is 5.82 Å². The molecule has 1 aromatic carbocycles. The Kier molecular flexibility index (Phi) is 3.43. The van der Waals surface area contributed by atoms with Crippen LogP contribution in [-0.4, -0.2) is 28.6 Å². The largest absolute Gasteiger partial charge is 0.480 e. The number of hydrogen-bond donors (Lipinski definition) is 1. The molecule has 1 fully saturated rings. The van der Waals surface area contributed by atoms with Crippen molar-refractivity contribution in [1.82, 2.24) is 4.90 Å². The predicted octanol–water partition coefficient (Wildman–Crippen LogP) is 2.44. The van der Waals surface area contributed by atoms with Crippen LogP contribution in [0.1, 0.15) is 31.4 Å². The number of benzene rings is 1. The zero-order chi connectivity index (χ0) is 12.4. The summed E-state index contributed by atoms with van der Waals surface area (Å²) >= 11 is 0. The molecule has 1 aliphatic rings. The lowest BCUT2D eigenvalue weighted by Crippen LogP contribution is -2.34. The van der Waals surface area contributed by atoms with E-state index in [1.54, 1.807) is 12.1 Å². The number of nitrogens with zero attached hydrogens (tertiary/aromatic N) is 1. The molecule has 1 aliphatic carbocycles. The summed E-state index contributed by atoms with van der Waals surface area (Å²) in [6.07, 6.45) is 2.11. The molecule has 0 spiro atoms. The van der Waals surface area contributed by atoms with Gasteiger partial charge in [-0.15, -0.1) is 0 Å². The fourth-order valence-corrected chi connectivity index (χ4v) is 2.08. The van der Waals surface area contributed by atoms with Crippen molar-refractivity contribution in [3.05, 3.63) is 35.6 Å². The maximum atomic E-state index is 12.8. The molecule has 17 heavy (non-hydrogen) atoms. The van der Waals surface area contributed by atoms with E-state index < -0.39 is 5.97 Å². The molecular formula is C13H16FNO2. The highest BCUT2D eigenvalue weighted by Crippen LogP contribution is 2.33. The van der Waals surface area contributed by atoms with Gasteiger partial charge in [-0.1, -0.05) is 12.1 Å². The highest BCUT2D eigenvalue weighted by molar-refractivity contribution is 5.69. The molecule has 1 N–H and O–H groups in total. The minimum absolute atomic E-state index is 0.0131. The Morgan fingerprint density at radius 1 is 1.47 bits per heavy atom. The summed E-state index contributed by atoms with van der Waals surface area (Å²) in [6.45, 7) is 2.01. The van der Waals surface area contributed by atoms with Crippen LogP contribution >= 0.6 is 0 Å². The lowest BCUT2D eigenvalue weighted by Gasteiger charge is -2.27. The van der Waals surface area contributed by atoms with Gasteiger partial charge >= 0.3 is 5.97 Å². The second-order valence-electron chi connectivity index (χ2n) is 4.52. The highest BCUT2D eigenvalue weighted by Gasteiger charge is 2.33. The molecule has 0 aliphatic heterocycles. The molecule has 1 saturated carbocycles. The zero-order valence-electron chi connectivity index (χ0n) is 9.77. The minimum Gasteiger partial charge on any atom is -0.480 e. The zero-order valence-corrected chi connectivity index (χ0v) is 9.77. The Hall–Kier alpha value is -1.42. The summed E-state index contributed by atoms with van der Waals surface area (Å²) in [4.78, 5) is 12.8. The Morgan fingerprint density at radius 3 is 2.53 bits per heavy atom. The molecule has 0 radical (unpaired) electrons. The van der Waals surface area contributed by atoms with Crippen LogP contribution in [0.4, 0.5) is 4.39 Å².